The molecular weight excluding hydrogens is 204 g/mol. The average Bonchev–Trinajstić information content (AvgIpc) is 2.31. The number of rotatable bonds is 6. The van der Waals surface area contributed by atoms with Crippen LogP contribution in [-0.2, 0) is 9.53 Å². The first-order valence-electron chi connectivity index (χ1n) is 6.35. The first-order valence-corrected chi connectivity index (χ1v) is 6.35. The van der Waals surface area contributed by atoms with Crippen LogP contribution >= 0.6 is 0 Å². The molecule has 4 nitrogen and oxygen atoms in total. The Balaban J connectivity index is 2.33. The molecule has 1 aliphatic heterocycles. The third-order valence-corrected chi connectivity index (χ3v) is 2.80. The third kappa shape index (κ3) is 4.49. The SMILES string of the molecule is CCCN(CCC)CC(=O)N1CCOCC1. The van der Waals surface area contributed by atoms with Crippen molar-refractivity contribution in [1.82, 2.24) is 9.80 Å². The Hall–Kier alpha value is -0.610. The Morgan fingerprint density at radius 1 is 1.19 bits per heavy atom. The molecule has 1 fully saturated rings. The molecule has 94 valence electrons. The summed E-state index contributed by atoms with van der Waals surface area (Å²) in [5, 5.41) is 0. The van der Waals surface area contributed by atoms with E-state index in [-0.39, 0.29) is 5.91 Å². The largest absolute Gasteiger partial charge is 0.378 e. The zero-order valence-corrected chi connectivity index (χ0v) is 10.6. The lowest BCUT2D eigenvalue weighted by Crippen LogP contribution is -2.46. The lowest BCUT2D eigenvalue weighted by molar-refractivity contribution is -0.136. The molecule has 16 heavy (non-hydrogen) atoms. The predicted octanol–water partition coefficient (Wildman–Crippen LogP) is 0.967. The normalized spacial score (nSPS) is 16.8. The maximum absolute atomic E-state index is 12.0. The van der Waals surface area contributed by atoms with Crippen molar-refractivity contribution in [1.29, 1.82) is 0 Å². The number of ether oxygens (including phenoxy) is 1. The molecule has 0 aromatic heterocycles. The van der Waals surface area contributed by atoms with Gasteiger partial charge in [-0.25, -0.2) is 0 Å². The fraction of sp³-hybridized carbons (Fsp3) is 0.917. The Kier molecular flexibility index (Phi) is 6.42. The first-order chi connectivity index (χ1) is 7.77. The second-order valence-electron chi connectivity index (χ2n) is 4.27. The fourth-order valence-corrected chi connectivity index (χ4v) is 2.01. The molecule has 0 unspecified atom stereocenters. The monoisotopic (exact) mass is 228 g/mol. The van der Waals surface area contributed by atoms with Gasteiger partial charge in [0, 0.05) is 13.1 Å². The van der Waals surface area contributed by atoms with E-state index in [1.54, 1.807) is 0 Å². The Morgan fingerprint density at radius 2 is 1.75 bits per heavy atom. The van der Waals surface area contributed by atoms with Gasteiger partial charge in [0.25, 0.3) is 0 Å². The maximum atomic E-state index is 12.0. The molecule has 0 bridgehead atoms. The summed E-state index contributed by atoms with van der Waals surface area (Å²) in [7, 11) is 0. The van der Waals surface area contributed by atoms with Gasteiger partial charge < -0.3 is 9.64 Å². The van der Waals surface area contributed by atoms with Crippen molar-refractivity contribution in [3.05, 3.63) is 0 Å². The van der Waals surface area contributed by atoms with Crippen molar-refractivity contribution in [3.8, 4) is 0 Å². The number of amides is 1. The van der Waals surface area contributed by atoms with E-state index in [4.69, 9.17) is 4.74 Å². The van der Waals surface area contributed by atoms with Crippen LogP contribution in [0.1, 0.15) is 26.7 Å². The summed E-state index contributed by atoms with van der Waals surface area (Å²) in [5.74, 6) is 0.255. The molecule has 1 saturated heterocycles. The summed E-state index contributed by atoms with van der Waals surface area (Å²) in [6, 6.07) is 0. The summed E-state index contributed by atoms with van der Waals surface area (Å²) < 4.78 is 5.24. The topological polar surface area (TPSA) is 32.8 Å². The van der Waals surface area contributed by atoms with E-state index in [0.29, 0.717) is 19.8 Å². The molecule has 0 N–H and O–H groups in total. The molecule has 1 rings (SSSR count). The summed E-state index contributed by atoms with van der Waals surface area (Å²) in [5.41, 5.74) is 0. The van der Waals surface area contributed by atoms with Gasteiger partial charge in [-0.2, -0.15) is 0 Å². The average molecular weight is 228 g/mol. The van der Waals surface area contributed by atoms with Gasteiger partial charge in [0.2, 0.25) is 5.91 Å². The molecule has 0 aliphatic carbocycles. The molecule has 0 radical (unpaired) electrons. The van der Waals surface area contributed by atoms with E-state index in [0.717, 1.165) is 39.0 Å². The van der Waals surface area contributed by atoms with E-state index >= 15 is 0 Å². The highest BCUT2D eigenvalue weighted by Gasteiger charge is 2.18. The van der Waals surface area contributed by atoms with Crippen molar-refractivity contribution in [2.45, 2.75) is 26.7 Å². The first kappa shape index (κ1) is 13.5. The van der Waals surface area contributed by atoms with Gasteiger partial charge in [-0.05, 0) is 25.9 Å². The lowest BCUT2D eigenvalue weighted by Gasteiger charge is -2.29. The van der Waals surface area contributed by atoms with E-state index in [9.17, 15) is 4.79 Å². The van der Waals surface area contributed by atoms with Crippen LogP contribution in [0.5, 0.6) is 0 Å². The van der Waals surface area contributed by atoms with E-state index in [2.05, 4.69) is 18.7 Å². The smallest absolute Gasteiger partial charge is 0.236 e. The zero-order valence-electron chi connectivity index (χ0n) is 10.6. The molecule has 1 amide bonds. The van der Waals surface area contributed by atoms with E-state index in [1.807, 2.05) is 4.90 Å². The summed E-state index contributed by atoms with van der Waals surface area (Å²) in [6.45, 7) is 9.80. The number of morpholine rings is 1. The van der Waals surface area contributed by atoms with Gasteiger partial charge in [-0.15, -0.1) is 0 Å². The molecule has 0 atom stereocenters. The van der Waals surface area contributed by atoms with Crippen LogP contribution < -0.4 is 0 Å². The Morgan fingerprint density at radius 3 is 2.25 bits per heavy atom. The minimum atomic E-state index is 0.255. The van der Waals surface area contributed by atoms with Gasteiger partial charge in [-0.3, -0.25) is 9.69 Å². The predicted molar refractivity (Wildman–Crippen MR) is 64.4 cm³/mol. The number of hydrogen-bond acceptors (Lipinski definition) is 3. The van der Waals surface area contributed by atoms with Gasteiger partial charge in [0.1, 0.15) is 0 Å². The molecule has 1 heterocycles. The Labute approximate surface area is 98.5 Å². The molecule has 0 aromatic carbocycles. The number of nitrogens with zero attached hydrogens (tertiary/aromatic N) is 2. The van der Waals surface area contributed by atoms with Crippen molar-refractivity contribution >= 4 is 5.91 Å². The number of hydrogen-bond donors (Lipinski definition) is 0. The van der Waals surface area contributed by atoms with E-state index in [1.165, 1.54) is 0 Å². The van der Waals surface area contributed by atoms with Crippen molar-refractivity contribution in [2.24, 2.45) is 0 Å². The van der Waals surface area contributed by atoms with Crippen LogP contribution in [0.15, 0.2) is 0 Å². The number of carbonyl (C=O) groups is 1. The highest BCUT2D eigenvalue weighted by molar-refractivity contribution is 5.78. The van der Waals surface area contributed by atoms with Gasteiger partial charge in [-0.1, -0.05) is 13.8 Å². The molecule has 0 saturated carbocycles. The van der Waals surface area contributed by atoms with E-state index < -0.39 is 0 Å². The molecule has 1 aliphatic rings. The van der Waals surface area contributed by atoms with Gasteiger partial charge >= 0.3 is 0 Å². The van der Waals surface area contributed by atoms with Crippen LogP contribution in [0.25, 0.3) is 0 Å². The minimum Gasteiger partial charge on any atom is -0.378 e. The summed E-state index contributed by atoms with van der Waals surface area (Å²) in [6.07, 6.45) is 2.22. The van der Waals surface area contributed by atoms with Gasteiger partial charge in [0.15, 0.2) is 0 Å². The fourth-order valence-electron chi connectivity index (χ4n) is 2.01. The van der Waals surface area contributed by atoms with Crippen molar-refractivity contribution in [3.63, 3.8) is 0 Å². The second kappa shape index (κ2) is 7.63. The third-order valence-electron chi connectivity index (χ3n) is 2.80. The minimum absolute atomic E-state index is 0.255. The van der Waals surface area contributed by atoms with Crippen LogP contribution in [0.3, 0.4) is 0 Å². The highest BCUT2D eigenvalue weighted by atomic mass is 16.5. The standard InChI is InChI=1S/C12H24N2O2/c1-3-5-13(6-4-2)11-12(15)14-7-9-16-10-8-14/h3-11H2,1-2H3. The van der Waals surface area contributed by atoms with Crippen LogP contribution in [0.2, 0.25) is 0 Å². The quantitative estimate of drug-likeness (QED) is 0.679. The zero-order chi connectivity index (χ0) is 11.8. The molecule has 0 aromatic rings. The van der Waals surface area contributed by atoms with Crippen LogP contribution in [0, 0.1) is 0 Å². The maximum Gasteiger partial charge on any atom is 0.236 e. The summed E-state index contributed by atoms with van der Waals surface area (Å²) in [4.78, 5) is 16.2. The van der Waals surface area contributed by atoms with Crippen LogP contribution in [-0.4, -0.2) is 61.6 Å². The number of carbonyl (C=O) groups excluding carboxylic acids is 1. The van der Waals surface area contributed by atoms with Gasteiger partial charge in [0.05, 0.1) is 19.8 Å². The lowest BCUT2D eigenvalue weighted by atomic mass is 10.3. The Bertz CT molecular complexity index is 197. The summed E-state index contributed by atoms with van der Waals surface area (Å²) >= 11 is 0. The second-order valence-corrected chi connectivity index (χ2v) is 4.27. The van der Waals surface area contributed by atoms with Crippen LogP contribution in [0.4, 0.5) is 0 Å². The van der Waals surface area contributed by atoms with Crippen molar-refractivity contribution in [2.75, 3.05) is 45.9 Å². The molecular formula is C12H24N2O2. The van der Waals surface area contributed by atoms with Crippen molar-refractivity contribution < 1.29 is 9.53 Å². The highest BCUT2D eigenvalue weighted by Crippen LogP contribution is 2.01. The molecule has 0 spiro atoms. The molecule has 4 heteroatoms.